The molecule has 1 aromatic carbocycles. The van der Waals surface area contributed by atoms with Crippen molar-refractivity contribution in [3.8, 4) is 0 Å². The second-order valence-electron chi connectivity index (χ2n) is 7.63. The molecule has 0 radical (unpaired) electrons. The lowest BCUT2D eigenvalue weighted by Gasteiger charge is -2.49. The van der Waals surface area contributed by atoms with Crippen LogP contribution in [0.15, 0.2) is 41.8 Å². The average molecular weight is 386 g/mol. The first kappa shape index (κ1) is 18.0. The van der Waals surface area contributed by atoms with Crippen molar-refractivity contribution >= 4 is 34.4 Å². The predicted molar refractivity (Wildman–Crippen MR) is 115 cm³/mol. The Labute approximate surface area is 165 Å². The maximum absolute atomic E-state index is 5.58. The van der Waals surface area contributed by atoms with E-state index in [2.05, 4.69) is 64.2 Å². The van der Waals surface area contributed by atoms with Crippen molar-refractivity contribution in [3.63, 3.8) is 0 Å². The predicted octanol–water partition coefficient (Wildman–Crippen LogP) is 4.93. The van der Waals surface area contributed by atoms with Crippen LogP contribution in [0.4, 0.5) is 5.69 Å². The van der Waals surface area contributed by atoms with Gasteiger partial charge in [0.2, 0.25) is 0 Å². The van der Waals surface area contributed by atoms with Crippen molar-refractivity contribution in [2.75, 3.05) is 5.32 Å². The van der Waals surface area contributed by atoms with Crippen molar-refractivity contribution in [1.29, 1.82) is 0 Å². The van der Waals surface area contributed by atoms with Gasteiger partial charge in [-0.2, -0.15) is 0 Å². The van der Waals surface area contributed by atoms with Crippen LogP contribution in [0, 0.1) is 6.92 Å². The van der Waals surface area contributed by atoms with E-state index >= 15 is 0 Å². The zero-order valence-electron chi connectivity index (χ0n) is 15.3. The molecule has 0 spiro atoms. The van der Waals surface area contributed by atoms with Gasteiger partial charge in [-0.15, -0.1) is 11.3 Å². The zero-order valence-corrected chi connectivity index (χ0v) is 16.9. The second-order valence-corrected chi connectivity index (χ2v) is 9.07. The summed E-state index contributed by atoms with van der Waals surface area (Å²) in [6, 6.07) is 14.7. The van der Waals surface area contributed by atoms with Crippen LogP contribution in [0.2, 0.25) is 0 Å². The number of rotatable bonds is 4. The SMILES string of the molecule is Cc1cccc(NC(=S)NC2C[C@H]3CCC[C@H](C2)N3Cc2cccs2)c1. The van der Waals surface area contributed by atoms with E-state index in [1.54, 1.807) is 0 Å². The Morgan fingerprint density at radius 1 is 1.19 bits per heavy atom. The smallest absolute Gasteiger partial charge is 0.170 e. The summed E-state index contributed by atoms with van der Waals surface area (Å²) in [7, 11) is 0. The first-order valence-corrected chi connectivity index (χ1v) is 10.9. The lowest BCUT2D eigenvalue weighted by atomic mass is 9.81. The van der Waals surface area contributed by atoms with E-state index in [9.17, 15) is 0 Å². The highest BCUT2D eigenvalue weighted by Crippen LogP contribution is 2.35. The second kappa shape index (κ2) is 8.07. The number of thiocarbonyl (C=S) groups is 1. The Kier molecular flexibility index (Phi) is 5.57. The fourth-order valence-corrected chi connectivity index (χ4v) is 5.51. The molecule has 3 nitrogen and oxygen atoms in total. The van der Waals surface area contributed by atoms with Crippen LogP contribution in [-0.4, -0.2) is 28.1 Å². The van der Waals surface area contributed by atoms with E-state index in [4.69, 9.17) is 12.2 Å². The molecule has 5 heteroatoms. The summed E-state index contributed by atoms with van der Waals surface area (Å²) >= 11 is 7.46. The number of nitrogens with one attached hydrogen (secondary N) is 2. The van der Waals surface area contributed by atoms with Crippen molar-refractivity contribution in [2.45, 2.75) is 63.7 Å². The summed E-state index contributed by atoms with van der Waals surface area (Å²) in [5.41, 5.74) is 2.31. The molecule has 2 fully saturated rings. The fraction of sp³-hybridized carbons (Fsp3) is 0.476. The molecule has 2 aromatic rings. The average Bonchev–Trinajstić information content (AvgIpc) is 3.08. The molecule has 2 atom stereocenters. The van der Waals surface area contributed by atoms with Crippen LogP contribution in [0.25, 0.3) is 0 Å². The molecule has 0 saturated carbocycles. The molecule has 3 heterocycles. The monoisotopic (exact) mass is 385 g/mol. The highest BCUT2D eigenvalue weighted by molar-refractivity contribution is 7.80. The Balaban J connectivity index is 1.35. The summed E-state index contributed by atoms with van der Waals surface area (Å²) < 4.78 is 0. The molecule has 2 aliphatic rings. The van der Waals surface area contributed by atoms with E-state index in [0.29, 0.717) is 18.1 Å². The number of aryl methyl sites for hydroxylation is 1. The molecule has 2 N–H and O–H groups in total. The molecule has 0 aliphatic carbocycles. The molecule has 2 saturated heterocycles. The Bertz CT molecular complexity index is 729. The number of thiophene rings is 1. The summed E-state index contributed by atoms with van der Waals surface area (Å²) in [5.74, 6) is 0. The Morgan fingerprint density at radius 2 is 2.00 bits per heavy atom. The molecular weight excluding hydrogens is 358 g/mol. The minimum Gasteiger partial charge on any atom is -0.360 e. The maximum atomic E-state index is 5.58. The van der Waals surface area contributed by atoms with E-state index < -0.39 is 0 Å². The lowest BCUT2D eigenvalue weighted by Crippen LogP contribution is -2.56. The van der Waals surface area contributed by atoms with Gasteiger partial charge in [0.1, 0.15) is 0 Å². The highest BCUT2D eigenvalue weighted by Gasteiger charge is 2.38. The van der Waals surface area contributed by atoms with Crippen molar-refractivity contribution in [1.82, 2.24) is 10.2 Å². The minimum absolute atomic E-state index is 0.481. The van der Waals surface area contributed by atoms with Gasteiger partial charge >= 0.3 is 0 Å². The van der Waals surface area contributed by atoms with Gasteiger partial charge in [-0.25, -0.2) is 0 Å². The summed E-state index contributed by atoms with van der Waals surface area (Å²) in [6.45, 7) is 3.22. The number of anilines is 1. The van der Waals surface area contributed by atoms with Crippen molar-refractivity contribution < 1.29 is 0 Å². The van der Waals surface area contributed by atoms with Gasteiger partial charge < -0.3 is 10.6 Å². The largest absolute Gasteiger partial charge is 0.360 e. The number of nitrogens with zero attached hydrogens (tertiary/aromatic N) is 1. The number of hydrogen-bond donors (Lipinski definition) is 2. The van der Waals surface area contributed by atoms with Crippen molar-refractivity contribution in [3.05, 3.63) is 52.2 Å². The number of fused-ring (bicyclic) bond motifs is 2. The minimum atomic E-state index is 0.481. The van der Waals surface area contributed by atoms with Gasteiger partial charge in [0.15, 0.2) is 5.11 Å². The molecule has 138 valence electrons. The van der Waals surface area contributed by atoms with Gasteiger partial charge in [0.25, 0.3) is 0 Å². The van der Waals surface area contributed by atoms with Gasteiger partial charge in [-0.1, -0.05) is 24.6 Å². The van der Waals surface area contributed by atoms with Crippen LogP contribution in [0.3, 0.4) is 0 Å². The van der Waals surface area contributed by atoms with E-state index in [1.165, 1.54) is 42.5 Å². The topological polar surface area (TPSA) is 27.3 Å². The van der Waals surface area contributed by atoms with E-state index in [0.717, 1.165) is 17.3 Å². The molecular formula is C21H27N3S2. The van der Waals surface area contributed by atoms with Gasteiger partial charge in [-0.05, 0) is 74.0 Å². The van der Waals surface area contributed by atoms with Gasteiger partial charge in [0, 0.05) is 35.2 Å². The summed E-state index contributed by atoms with van der Waals surface area (Å²) in [4.78, 5) is 4.25. The number of benzene rings is 1. The fourth-order valence-electron chi connectivity index (χ4n) is 4.51. The Morgan fingerprint density at radius 3 is 2.69 bits per heavy atom. The van der Waals surface area contributed by atoms with Crippen LogP contribution < -0.4 is 10.6 Å². The normalized spacial score (nSPS) is 25.7. The van der Waals surface area contributed by atoms with Crippen LogP contribution in [-0.2, 0) is 6.54 Å². The van der Waals surface area contributed by atoms with Gasteiger partial charge in [-0.3, -0.25) is 4.90 Å². The lowest BCUT2D eigenvalue weighted by molar-refractivity contribution is 0.0220. The zero-order chi connectivity index (χ0) is 17.9. The van der Waals surface area contributed by atoms with E-state index in [-0.39, 0.29) is 0 Å². The Hall–Kier alpha value is -1.43. The first-order valence-electron chi connectivity index (χ1n) is 9.60. The third-order valence-corrected chi connectivity index (χ3v) is 6.74. The maximum Gasteiger partial charge on any atom is 0.170 e. The quantitative estimate of drug-likeness (QED) is 0.730. The molecule has 1 aromatic heterocycles. The van der Waals surface area contributed by atoms with Crippen LogP contribution >= 0.6 is 23.6 Å². The molecule has 0 unspecified atom stereocenters. The first-order chi connectivity index (χ1) is 12.7. The van der Waals surface area contributed by atoms with Gasteiger partial charge in [0.05, 0.1) is 0 Å². The highest BCUT2D eigenvalue weighted by atomic mass is 32.1. The molecule has 2 bridgehead atoms. The summed E-state index contributed by atoms with van der Waals surface area (Å²) in [6.07, 6.45) is 6.39. The number of piperidine rings is 2. The standard InChI is InChI=1S/C21H27N3S2/c1-15-5-2-6-16(11-15)22-21(25)23-17-12-18-7-3-8-19(13-17)24(18)14-20-9-4-10-26-20/h2,4-6,9-11,17-19H,3,7-8,12-14H2,1H3,(H2,22,23,25)/t18-,19-/m1/s1. The number of hydrogen-bond acceptors (Lipinski definition) is 3. The third-order valence-electron chi connectivity index (χ3n) is 5.66. The van der Waals surface area contributed by atoms with Crippen LogP contribution in [0.1, 0.15) is 42.5 Å². The molecule has 2 aliphatic heterocycles. The summed E-state index contributed by atoms with van der Waals surface area (Å²) in [5, 5.41) is 9.89. The molecule has 4 rings (SSSR count). The molecule has 26 heavy (non-hydrogen) atoms. The third kappa shape index (κ3) is 4.27. The molecule has 0 amide bonds. The van der Waals surface area contributed by atoms with E-state index in [1.807, 2.05) is 11.3 Å². The van der Waals surface area contributed by atoms with Crippen LogP contribution in [0.5, 0.6) is 0 Å². The van der Waals surface area contributed by atoms with Crippen molar-refractivity contribution in [2.24, 2.45) is 0 Å².